The maximum Gasteiger partial charge on any atom is 0.262 e. The number of nitrogens with one attached hydrogen (secondary N) is 2. The van der Waals surface area contributed by atoms with E-state index in [-0.39, 0.29) is 16.1 Å². The Morgan fingerprint density at radius 3 is 2.50 bits per heavy atom. The van der Waals surface area contributed by atoms with Crippen LogP contribution in [0, 0.1) is 17.6 Å². The number of hydrogen-bond donors (Lipinski definition) is 2. The Morgan fingerprint density at radius 1 is 1.00 bits per heavy atom. The van der Waals surface area contributed by atoms with Crippen molar-refractivity contribution in [2.45, 2.75) is 11.3 Å². The van der Waals surface area contributed by atoms with Crippen molar-refractivity contribution < 1.29 is 26.8 Å². The third-order valence-electron chi connectivity index (χ3n) is 5.20. The summed E-state index contributed by atoms with van der Waals surface area (Å²) in [5.41, 5.74) is 0.745. The molecule has 1 atom stereocenters. The van der Waals surface area contributed by atoms with Crippen LogP contribution in [0.2, 0.25) is 0 Å². The zero-order chi connectivity index (χ0) is 24.3. The van der Waals surface area contributed by atoms with E-state index in [0.29, 0.717) is 19.0 Å². The number of aliphatic imine (C=N–C) groups is 1. The Bertz CT molecular complexity index is 1390. The number of amides is 1. The van der Waals surface area contributed by atoms with Crippen LogP contribution in [0.25, 0.3) is 0 Å². The van der Waals surface area contributed by atoms with Crippen LogP contribution >= 0.6 is 0 Å². The fourth-order valence-electron chi connectivity index (χ4n) is 3.43. The molecule has 1 aliphatic rings. The van der Waals surface area contributed by atoms with Gasteiger partial charge in [0.05, 0.1) is 16.3 Å². The minimum atomic E-state index is -4.31. The number of fused-ring (bicyclic) bond motifs is 1. The monoisotopic (exact) mass is 483 g/mol. The van der Waals surface area contributed by atoms with Crippen molar-refractivity contribution in [3.8, 4) is 0 Å². The van der Waals surface area contributed by atoms with Gasteiger partial charge in [-0.1, -0.05) is 30.3 Å². The maximum atomic E-state index is 13.9. The highest BCUT2D eigenvalue weighted by molar-refractivity contribution is 7.92. The Morgan fingerprint density at radius 2 is 1.76 bits per heavy atom. The molecule has 0 bridgehead atoms. The quantitative estimate of drug-likeness (QED) is 0.501. The molecule has 7 nitrogen and oxygen atoms in total. The van der Waals surface area contributed by atoms with Crippen molar-refractivity contribution in [3.05, 3.63) is 89.5 Å². The van der Waals surface area contributed by atoms with Gasteiger partial charge in [-0.05, 0) is 42.3 Å². The van der Waals surface area contributed by atoms with Crippen molar-refractivity contribution in [2.24, 2.45) is 10.9 Å². The maximum absolute atomic E-state index is 13.9. The van der Waals surface area contributed by atoms with E-state index >= 15 is 0 Å². The van der Waals surface area contributed by atoms with Crippen LogP contribution in [0.1, 0.15) is 15.9 Å². The molecule has 2 N–H and O–H groups in total. The summed E-state index contributed by atoms with van der Waals surface area (Å²) in [4.78, 5) is 29.3. The lowest BCUT2D eigenvalue weighted by Crippen LogP contribution is -2.38. The van der Waals surface area contributed by atoms with Crippen molar-refractivity contribution in [1.29, 1.82) is 0 Å². The first-order valence-corrected chi connectivity index (χ1v) is 11.7. The van der Waals surface area contributed by atoms with Crippen LogP contribution < -0.4 is 10.0 Å². The first kappa shape index (κ1) is 23.2. The predicted molar refractivity (Wildman–Crippen MR) is 123 cm³/mol. The van der Waals surface area contributed by atoms with Gasteiger partial charge in [-0.2, -0.15) is 0 Å². The van der Waals surface area contributed by atoms with Gasteiger partial charge in [0.25, 0.3) is 10.0 Å². The summed E-state index contributed by atoms with van der Waals surface area (Å²) < 4.78 is 54.5. The SMILES string of the molecule is O=C(NCCc1ccccc1)C1C=Nc2ccc(S(=O)(=O)Nc3ccc(F)cc3F)cc2C1=O. The van der Waals surface area contributed by atoms with E-state index in [4.69, 9.17) is 0 Å². The minimum absolute atomic E-state index is 0.0480. The number of carbonyl (C=O) groups excluding carboxylic acids is 2. The normalized spacial score (nSPS) is 15.0. The van der Waals surface area contributed by atoms with Crippen molar-refractivity contribution in [1.82, 2.24) is 5.32 Å². The summed E-state index contributed by atoms with van der Waals surface area (Å²) >= 11 is 0. The van der Waals surface area contributed by atoms with Gasteiger partial charge in [0.15, 0.2) is 5.78 Å². The number of hydrogen-bond acceptors (Lipinski definition) is 5. The molecule has 3 aromatic rings. The third kappa shape index (κ3) is 5.01. The second-order valence-electron chi connectivity index (χ2n) is 7.56. The van der Waals surface area contributed by atoms with E-state index in [1.165, 1.54) is 18.3 Å². The Balaban J connectivity index is 1.49. The first-order chi connectivity index (χ1) is 16.2. The average molecular weight is 483 g/mol. The fraction of sp³-hybridized carbons (Fsp3) is 0.125. The van der Waals surface area contributed by atoms with E-state index in [0.717, 1.165) is 23.8 Å². The largest absolute Gasteiger partial charge is 0.355 e. The molecule has 10 heteroatoms. The molecule has 34 heavy (non-hydrogen) atoms. The smallest absolute Gasteiger partial charge is 0.262 e. The highest BCUT2D eigenvalue weighted by Gasteiger charge is 2.32. The highest BCUT2D eigenvalue weighted by Crippen LogP contribution is 2.30. The molecule has 0 radical (unpaired) electrons. The van der Waals surface area contributed by atoms with Crippen LogP contribution in [0.3, 0.4) is 0 Å². The number of Topliss-reactive ketones (excluding diaryl/α,β-unsaturated/α-hetero) is 1. The van der Waals surface area contributed by atoms with Crippen LogP contribution in [-0.2, 0) is 21.2 Å². The molecule has 1 unspecified atom stereocenters. The van der Waals surface area contributed by atoms with E-state index in [1.54, 1.807) is 0 Å². The molecule has 1 amide bonds. The standard InChI is InChI=1S/C24H19F2N3O4S/c25-16-6-8-22(20(26)12-16)29-34(32,33)17-7-9-21-18(13-17)23(30)19(14-28-21)24(31)27-11-10-15-4-2-1-3-5-15/h1-9,12-14,19,29H,10-11H2,(H,27,31). The number of anilines is 1. The summed E-state index contributed by atoms with van der Waals surface area (Å²) in [5.74, 6) is -4.30. The van der Waals surface area contributed by atoms with Gasteiger partial charge >= 0.3 is 0 Å². The average Bonchev–Trinajstić information content (AvgIpc) is 2.81. The summed E-state index contributed by atoms with van der Waals surface area (Å²) in [5, 5.41) is 2.70. The predicted octanol–water partition coefficient (Wildman–Crippen LogP) is 3.64. The van der Waals surface area contributed by atoms with Gasteiger partial charge in [-0.15, -0.1) is 0 Å². The molecule has 0 fully saturated rings. The number of benzene rings is 3. The molecule has 0 spiro atoms. The zero-order valence-corrected chi connectivity index (χ0v) is 18.5. The van der Waals surface area contributed by atoms with Crippen molar-refractivity contribution in [2.75, 3.05) is 11.3 Å². The second-order valence-corrected chi connectivity index (χ2v) is 9.24. The lowest BCUT2D eigenvalue weighted by atomic mass is 9.94. The number of sulfonamides is 1. The van der Waals surface area contributed by atoms with E-state index < -0.39 is 45.0 Å². The minimum Gasteiger partial charge on any atom is -0.355 e. The molecular weight excluding hydrogens is 464 g/mol. The molecule has 1 heterocycles. The number of rotatable bonds is 7. The zero-order valence-electron chi connectivity index (χ0n) is 17.7. The Kier molecular flexibility index (Phi) is 6.51. The topological polar surface area (TPSA) is 105 Å². The molecule has 3 aromatic carbocycles. The summed E-state index contributed by atoms with van der Waals surface area (Å²) in [7, 11) is -4.31. The fourth-order valence-corrected chi connectivity index (χ4v) is 4.52. The molecule has 4 rings (SSSR count). The Hall–Kier alpha value is -3.92. The second kappa shape index (κ2) is 9.52. The molecule has 0 saturated carbocycles. The number of nitrogens with zero attached hydrogens (tertiary/aromatic N) is 1. The third-order valence-corrected chi connectivity index (χ3v) is 6.57. The lowest BCUT2D eigenvalue weighted by Gasteiger charge is -2.18. The summed E-state index contributed by atoms with van der Waals surface area (Å²) in [6, 6.07) is 15.5. The van der Waals surface area contributed by atoms with Gasteiger partial charge in [0, 0.05) is 24.4 Å². The van der Waals surface area contributed by atoms with Crippen LogP contribution in [-0.4, -0.2) is 32.9 Å². The number of carbonyl (C=O) groups is 2. The molecule has 0 aliphatic carbocycles. The molecular formula is C24H19F2N3O4S. The van der Waals surface area contributed by atoms with Gasteiger partial charge < -0.3 is 5.32 Å². The van der Waals surface area contributed by atoms with E-state index in [2.05, 4.69) is 10.3 Å². The lowest BCUT2D eigenvalue weighted by molar-refractivity contribution is -0.121. The van der Waals surface area contributed by atoms with Crippen molar-refractivity contribution in [3.63, 3.8) is 0 Å². The van der Waals surface area contributed by atoms with E-state index in [1.807, 2.05) is 35.1 Å². The van der Waals surface area contributed by atoms with Gasteiger partial charge in [-0.3, -0.25) is 19.3 Å². The highest BCUT2D eigenvalue weighted by atomic mass is 32.2. The molecule has 1 aliphatic heterocycles. The van der Waals surface area contributed by atoms with Gasteiger partial charge in [-0.25, -0.2) is 17.2 Å². The van der Waals surface area contributed by atoms with Crippen LogP contribution in [0.15, 0.2) is 76.6 Å². The molecule has 0 aromatic heterocycles. The van der Waals surface area contributed by atoms with Crippen LogP contribution in [0.4, 0.5) is 20.2 Å². The number of halogens is 2. The van der Waals surface area contributed by atoms with Gasteiger partial charge in [0.1, 0.15) is 17.6 Å². The molecule has 0 saturated heterocycles. The Labute approximate surface area is 194 Å². The van der Waals surface area contributed by atoms with Gasteiger partial charge in [0.2, 0.25) is 5.91 Å². The van der Waals surface area contributed by atoms with Crippen molar-refractivity contribution >= 4 is 39.3 Å². The first-order valence-electron chi connectivity index (χ1n) is 10.3. The number of ketones is 1. The van der Waals surface area contributed by atoms with Crippen LogP contribution in [0.5, 0.6) is 0 Å². The summed E-state index contributed by atoms with van der Waals surface area (Å²) in [6.45, 7) is 0.314. The summed E-state index contributed by atoms with van der Waals surface area (Å²) in [6.07, 6.45) is 1.80. The molecule has 174 valence electrons. The van der Waals surface area contributed by atoms with E-state index in [9.17, 15) is 26.8 Å².